The Labute approximate surface area is 94.3 Å². The molecule has 2 N–H and O–H groups in total. The molecule has 0 amide bonds. The van der Waals surface area contributed by atoms with Crippen molar-refractivity contribution in [2.24, 2.45) is 12.8 Å². The molecule has 0 fully saturated rings. The molecule has 1 atom stereocenters. The average Bonchev–Trinajstić information content (AvgIpc) is 2.64. The predicted octanol–water partition coefficient (Wildman–Crippen LogP) is 0.761. The van der Waals surface area contributed by atoms with Gasteiger partial charge in [0.2, 0.25) is 0 Å². The summed E-state index contributed by atoms with van der Waals surface area (Å²) < 4.78 is 0. The van der Waals surface area contributed by atoms with Crippen LogP contribution in [0.2, 0.25) is 0 Å². The lowest BCUT2D eigenvalue weighted by atomic mass is 9.99. The lowest BCUT2D eigenvalue weighted by molar-refractivity contribution is 0.622. The molecule has 0 aliphatic heterocycles. The van der Waals surface area contributed by atoms with Gasteiger partial charge in [-0.3, -0.25) is 0 Å². The van der Waals surface area contributed by atoms with Crippen molar-refractivity contribution in [1.82, 2.24) is 20.2 Å². The molecular formula is C11H15N5. The minimum Gasteiger partial charge on any atom is -0.324 e. The van der Waals surface area contributed by atoms with Gasteiger partial charge in [0.25, 0.3) is 0 Å². The van der Waals surface area contributed by atoms with Crippen molar-refractivity contribution < 1.29 is 0 Å². The minimum atomic E-state index is -0.0783. The summed E-state index contributed by atoms with van der Waals surface area (Å²) >= 11 is 0. The van der Waals surface area contributed by atoms with Crippen molar-refractivity contribution in [3.63, 3.8) is 0 Å². The third-order valence-corrected chi connectivity index (χ3v) is 2.54. The van der Waals surface area contributed by atoms with Crippen LogP contribution in [0.5, 0.6) is 0 Å². The average molecular weight is 217 g/mol. The molecule has 2 aromatic rings. The largest absolute Gasteiger partial charge is 0.324 e. The van der Waals surface area contributed by atoms with Crippen molar-refractivity contribution in [2.75, 3.05) is 0 Å². The summed E-state index contributed by atoms with van der Waals surface area (Å²) in [4.78, 5) is 1.44. The Morgan fingerprint density at radius 1 is 1.38 bits per heavy atom. The number of aromatic nitrogens is 4. The van der Waals surface area contributed by atoms with Gasteiger partial charge >= 0.3 is 0 Å². The van der Waals surface area contributed by atoms with Crippen LogP contribution in [0.3, 0.4) is 0 Å². The van der Waals surface area contributed by atoms with Gasteiger partial charge in [-0.1, -0.05) is 24.3 Å². The highest BCUT2D eigenvalue weighted by Gasteiger charge is 2.12. The van der Waals surface area contributed by atoms with Gasteiger partial charge in [-0.05, 0) is 23.3 Å². The normalized spacial score (nSPS) is 12.7. The highest BCUT2D eigenvalue weighted by Crippen LogP contribution is 2.17. The Kier molecular flexibility index (Phi) is 2.96. The molecule has 0 aliphatic rings. The zero-order chi connectivity index (χ0) is 11.5. The Bertz CT molecular complexity index is 477. The zero-order valence-electron chi connectivity index (χ0n) is 9.46. The molecule has 0 radical (unpaired) electrons. The first-order valence-corrected chi connectivity index (χ1v) is 5.21. The van der Waals surface area contributed by atoms with Crippen molar-refractivity contribution >= 4 is 0 Å². The summed E-state index contributed by atoms with van der Waals surface area (Å²) in [5, 5.41) is 11.8. The molecule has 1 heterocycles. The monoisotopic (exact) mass is 217 g/mol. The van der Waals surface area contributed by atoms with Gasteiger partial charge in [-0.2, -0.15) is 4.80 Å². The maximum atomic E-state index is 6.12. The van der Waals surface area contributed by atoms with Crippen molar-refractivity contribution in [3.8, 4) is 0 Å². The maximum absolute atomic E-state index is 6.12. The molecule has 16 heavy (non-hydrogen) atoms. The smallest absolute Gasteiger partial charge is 0.176 e. The number of nitrogens with two attached hydrogens (primary N) is 1. The molecule has 1 aromatic heterocycles. The van der Waals surface area contributed by atoms with Crippen LogP contribution in [-0.4, -0.2) is 20.2 Å². The van der Waals surface area contributed by atoms with Gasteiger partial charge in [0.1, 0.15) is 0 Å². The highest BCUT2D eigenvalue weighted by atomic mass is 15.6. The van der Waals surface area contributed by atoms with E-state index in [1.165, 1.54) is 10.4 Å². The lowest BCUT2D eigenvalue weighted by Crippen LogP contribution is -2.15. The lowest BCUT2D eigenvalue weighted by Gasteiger charge is -2.12. The van der Waals surface area contributed by atoms with Crippen LogP contribution in [-0.2, 0) is 13.5 Å². The van der Waals surface area contributed by atoms with Gasteiger partial charge in [-0.25, -0.2) is 0 Å². The van der Waals surface area contributed by atoms with Crippen LogP contribution in [0.25, 0.3) is 0 Å². The summed E-state index contributed by atoms with van der Waals surface area (Å²) in [6, 6.07) is 8.01. The molecule has 0 bridgehead atoms. The fourth-order valence-corrected chi connectivity index (χ4v) is 1.71. The zero-order valence-corrected chi connectivity index (χ0v) is 9.46. The number of hydrogen-bond donors (Lipinski definition) is 1. The summed E-state index contributed by atoms with van der Waals surface area (Å²) in [5.74, 6) is 0.679. The van der Waals surface area contributed by atoms with Gasteiger partial charge < -0.3 is 5.73 Å². The molecule has 5 nitrogen and oxygen atoms in total. The van der Waals surface area contributed by atoms with Crippen LogP contribution < -0.4 is 5.73 Å². The Morgan fingerprint density at radius 3 is 2.75 bits per heavy atom. The second kappa shape index (κ2) is 4.40. The molecule has 1 aromatic carbocycles. The second-order valence-corrected chi connectivity index (χ2v) is 3.86. The standard InChI is InChI=1S/C11H15N5/c1-8-5-3-4-6-9(8)10(12)7-11-13-15-16(2)14-11/h3-6,10H,7,12H2,1-2H3. The number of tetrazole rings is 1. The van der Waals surface area contributed by atoms with Gasteiger partial charge in [0.05, 0.1) is 7.05 Å². The molecule has 0 spiro atoms. The second-order valence-electron chi connectivity index (χ2n) is 3.86. The molecule has 5 heteroatoms. The number of hydrogen-bond acceptors (Lipinski definition) is 4. The van der Waals surface area contributed by atoms with E-state index in [0.717, 1.165) is 5.56 Å². The van der Waals surface area contributed by atoms with E-state index < -0.39 is 0 Å². The minimum absolute atomic E-state index is 0.0783. The van der Waals surface area contributed by atoms with E-state index in [-0.39, 0.29) is 6.04 Å². The van der Waals surface area contributed by atoms with Gasteiger partial charge in [0.15, 0.2) is 5.82 Å². The first-order chi connectivity index (χ1) is 7.66. The molecule has 84 valence electrons. The molecular weight excluding hydrogens is 202 g/mol. The van der Waals surface area contributed by atoms with Crippen LogP contribution in [0, 0.1) is 6.92 Å². The van der Waals surface area contributed by atoms with Crippen LogP contribution >= 0.6 is 0 Å². The van der Waals surface area contributed by atoms with Gasteiger partial charge in [-0.15, -0.1) is 10.2 Å². The number of aryl methyl sites for hydroxylation is 2. The van der Waals surface area contributed by atoms with Crippen LogP contribution in [0.1, 0.15) is 23.0 Å². The fourth-order valence-electron chi connectivity index (χ4n) is 1.71. The SMILES string of the molecule is Cc1ccccc1C(N)Cc1nnn(C)n1. The van der Waals surface area contributed by atoms with E-state index in [1.807, 2.05) is 18.2 Å². The Hall–Kier alpha value is -1.75. The van der Waals surface area contributed by atoms with Crippen LogP contribution in [0.15, 0.2) is 24.3 Å². The maximum Gasteiger partial charge on any atom is 0.176 e. The summed E-state index contributed by atoms with van der Waals surface area (Å²) in [6.07, 6.45) is 0.610. The highest BCUT2D eigenvalue weighted by molar-refractivity contribution is 5.28. The van der Waals surface area contributed by atoms with Gasteiger partial charge in [0, 0.05) is 12.5 Å². The van der Waals surface area contributed by atoms with E-state index in [4.69, 9.17) is 5.73 Å². The number of nitrogens with zero attached hydrogens (tertiary/aromatic N) is 4. The Morgan fingerprint density at radius 2 is 2.12 bits per heavy atom. The molecule has 0 saturated carbocycles. The molecule has 2 rings (SSSR count). The van der Waals surface area contributed by atoms with Crippen LogP contribution in [0.4, 0.5) is 0 Å². The number of benzene rings is 1. The molecule has 1 unspecified atom stereocenters. The predicted molar refractivity (Wildman–Crippen MR) is 60.6 cm³/mol. The summed E-state index contributed by atoms with van der Waals surface area (Å²) in [7, 11) is 1.75. The third kappa shape index (κ3) is 2.25. The van der Waals surface area contributed by atoms with Crippen molar-refractivity contribution in [1.29, 1.82) is 0 Å². The first kappa shape index (κ1) is 10.8. The number of rotatable bonds is 3. The topological polar surface area (TPSA) is 69.6 Å². The fraction of sp³-hybridized carbons (Fsp3) is 0.364. The van der Waals surface area contributed by atoms with Crippen molar-refractivity contribution in [2.45, 2.75) is 19.4 Å². The molecule has 0 aliphatic carbocycles. The van der Waals surface area contributed by atoms with Crippen molar-refractivity contribution in [3.05, 3.63) is 41.2 Å². The molecule has 0 saturated heterocycles. The first-order valence-electron chi connectivity index (χ1n) is 5.21. The van der Waals surface area contributed by atoms with E-state index >= 15 is 0 Å². The third-order valence-electron chi connectivity index (χ3n) is 2.54. The Balaban J connectivity index is 2.14. The summed E-state index contributed by atoms with van der Waals surface area (Å²) in [5.41, 5.74) is 8.45. The quantitative estimate of drug-likeness (QED) is 0.824. The summed E-state index contributed by atoms with van der Waals surface area (Å²) in [6.45, 7) is 2.05. The van der Waals surface area contributed by atoms with E-state index in [0.29, 0.717) is 12.2 Å². The van der Waals surface area contributed by atoms with E-state index in [9.17, 15) is 0 Å². The van der Waals surface area contributed by atoms with E-state index in [1.54, 1.807) is 7.05 Å². The van der Waals surface area contributed by atoms with E-state index in [2.05, 4.69) is 28.4 Å².